The Morgan fingerprint density at radius 3 is 2.58 bits per heavy atom. The van der Waals surface area contributed by atoms with E-state index in [0.29, 0.717) is 13.0 Å². The summed E-state index contributed by atoms with van der Waals surface area (Å²) in [5.41, 5.74) is -0.0975. The number of amides is 2. The van der Waals surface area contributed by atoms with Crippen molar-refractivity contribution in [1.29, 1.82) is 0 Å². The maximum atomic E-state index is 12.1. The predicted octanol–water partition coefficient (Wildman–Crippen LogP) is 0.576. The summed E-state index contributed by atoms with van der Waals surface area (Å²) in [7, 11) is 1.48. The Morgan fingerprint density at radius 2 is 2.11 bits per heavy atom. The quantitative estimate of drug-likeness (QED) is 0.786. The number of likely N-dealkylation sites (N-methyl/N-ethyl adjacent to an activating group) is 1. The number of carbonyl (C=O) groups excluding carboxylic acids is 2. The molecule has 0 unspecified atom stereocenters. The summed E-state index contributed by atoms with van der Waals surface area (Å²) in [5.74, 6) is -2.06. The first-order valence-corrected chi connectivity index (χ1v) is 5.81. The zero-order valence-corrected chi connectivity index (χ0v) is 10.8. The fourth-order valence-corrected chi connectivity index (χ4v) is 1.49. The van der Waals surface area contributed by atoms with Gasteiger partial charge >= 0.3 is 5.97 Å². The van der Waals surface area contributed by atoms with Crippen LogP contribution in [0.1, 0.15) is 34.3 Å². The molecule has 0 fully saturated rings. The number of carboxylic acid groups (broad SMARTS) is 1. The third-order valence-corrected chi connectivity index (χ3v) is 2.45. The second-order valence-electron chi connectivity index (χ2n) is 3.90. The Balaban J connectivity index is 2.85. The maximum Gasteiger partial charge on any atom is 0.338 e. The standard InChI is InChI=1S/C12H16N2O5/c1-3-4-14(6-10(15)13-2)11(16)9-5-8(7-19-9)12(17)18/h5,7H,3-4,6H2,1-2H3,(H,13,15)(H,17,18). The van der Waals surface area contributed by atoms with Gasteiger partial charge in [-0.1, -0.05) is 6.92 Å². The second kappa shape index (κ2) is 6.58. The lowest BCUT2D eigenvalue weighted by Gasteiger charge is -2.19. The molecule has 7 heteroatoms. The second-order valence-corrected chi connectivity index (χ2v) is 3.90. The zero-order valence-electron chi connectivity index (χ0n) is 10.8. The van der Waals surface area contributed by atoms with Crippen LogP contribution in [-0.2, 0) is 4.79 Å². The molecule has 7 nitrogen and oxygen atoms in total. The Kier molecular flexibility index (Phi) is 5.11. The number of hydrogen-bond donors (Lipinski definition) is 2. The lowest BCUT2D eigenvalue weighted by atomic mass is 10.3. The van der Waals surface area contributed by atoms with Crippen LogP contribution >= 0.6 is 0 Å². The Labute approximate surface area is 110 Å². The molecule has 19 heavy (non-hydrogen) atoms. The first kappa shape index (κ1) is 14.7. The number of carboxylic acids is 1. The Bertz CT molecular complexity index is 480. The lowest BCUT2D eigenvalue weighted by molar-refractivity contribution is -0.121. The maximum absolute atomic E-state index is 12.1. The molecule has 1 aromatic rings. The van der Waals surface area contributed by atoms with E-state index in [4.69, 9.17) is 9.52 Å². The summed E-state index contributed by atoms with van der Waals surface area (Å²) < 4.78 is 4.93. The molecule has 0 radical (unpaired) electrons. The van der Waals surface area contributed by atoms with Crippen LogP contribution in [0, 0.1) is 0 Å². The van der Waals surface area contributed by atoms with E-state index in [1.807, 2.05) is 6.92 Å². The van der Waals surface area contributed by atoms with E-state index in [-0.39, 0.29) is 23.8 Å². The summed E-state index contributed by atoms with van der Waals surface area (Å²) in [5, 5.41) is 11.2. The molecule has 0 atom stereocenters. The summed E-state index contributed by atoms with van der Waals surface area (Å²) in [6.07, 6.45) is 1.68. The first-order valence-electron chi connectivity index (χ1n) is 5.81. The number of rotatable bonds is 6. The van der Waals surface area contributed by atoms with Gasteiger partial charge in [-0.3, -0.25) is 9.59 Å². The van der Waals surface area contributed by atoms with Gasteiger partial charge in [0.2, 0.25) is 5.91 Å². The van der Waals surface area contributed by atoms with Crippen molar-refractivity contribution >= 4 is 17.8 Å². The summed E-state index contributed by atoms with van der Waals surface area (Å²) in [6, 6.07) is 1.15. The molecule has 0 saturated heterocycles. The average molecular weight is 268 g/mol. The number of aromatic carboxylic acids is 1. The molecular formula is C12H16N2O5. The van der Waals surface area contributed by atoms with Crippen molar-refractivity contribution in [2.45, 2.75) is 13.3 Å². The molecule has 0 saturated carbocycles. The van der Waals surface area contributed by atoms with E-state index in [0.717, 1.165) is 12.3 Å². The minimum absolute atomic E-state index is 0.0882. The van der Waals surface area contributed by atoms with Gasteiger partial charge in [-0.25, -0.2) is 4.79 Å². The molecule has 0 bridgehead atoms. The Morgan fingerprint density at radius 1 is 1.42 bits per heavy atom. The van der Waals surface area contributed by atoms with Crippen LogP contribution in [0.5, 0.6) is 0 Å². The number of furan rings is 1. The van der Waals surface area contributed by atoms with Crippen LogP contribution in [0.15, 0.2) is 16.7 Å². The first-order chi connectivity index (χ1) is 8.99. The van der Waals surface area contributed by atoms with Crippen molar-refractivity contribution in [2.24, 2.45) is 0 Å². The van der Waals surface area contributed by atoms with E-state index in [9.17, 15) is 14.4 Å². The Hall–Kier alpha value is -2.31. The predicted molar refractivity (Wildman–Crippen MR) is 65.9 cm³/mol. The van der Waals surface area contributed by atoms with Gasteiger partial charge in [0.05, 0.1) is 12.1 Å². The van der Waals surface area contributed by atoms with Crippen LogP contribution in [0.3, 0.4) is 0 Å². The van der Waals surface area contributed by atoms with Crippen molar-refractivity contribution < 1.29 is 23.9 Å². The van der Waals surface area contributed by atoms with Crippen LogP contribution in [0.4, 0.5) is 0 Å². The highest BCUT2D eigenvalue weighted by Gasteiger charge is 2.22. The highest BCUT2D eigenvalue weighted by Crippen LogP contribution is 2.11. The molecule has 0 aliphatic heterocycles. The minimum atomic E-state index is -1.17. The fourth-order valence-electron chi connectivity index (χ4n) is 1.49. The molecule has 0 spiro atoms. The molecular weight excluding hydrogens is 252 g/mol. The van der Waals surface area contributed by atoms with E-state index in [1.54, 1.807) is 0 Å². The number of nitrogens with one attached hydrogen (secondary N) is 1. The van der Waals surface area contributed by atoms with Crippen LogP contribution in [-0.4, -0.2) is 47.9 Å². The molecule has 0 aliphatic carbocycles. The topological polar surface area (TPSA) is 99.9 Å². The van der Waals surface area contributed by atoms with Crippen LogP contribution in [0.2, 0.25) is 0 Å². The van der Waals surface area contributed by atoms with Gasteiger partial charge < -0.3 is 19.7 Å². The monoisotopic (exact) mass is 268 g/mol. The largest absolute Gasteiger partial charge is 0.478 e. The fraction of sp³-hybridized carbons (Fsp3) is 0.417. The van der Waals surface area contributed by atoms with Gasteiger partial charge in [-0.2, -0.15) is 0 Å². The van der Waals surface area contributed by atoms with Gasteiger partial charge in [-0.15, -0.1) is 0 Å². The van der Waals surface area contributed by atoms with Crippen molar-refractivity contribution in [3.8, 4) is 0 Å². The third kappa shape index (κ3) is 3.84. The minimum Gasteiger partial charge on any atom is -0.478 e. The van der Waals surface area contributed by atoms with Gasteiger partial charge in [0.15, 0.2) is 5.76 Å². The normalized spacial score (nSPS) is 10.0. The van der Waals surface area contributed by atoms with Gasteiger partial charge in [0.25, 0.3) is 5.91 Å². The molecule has 2 amide bonds. The van der Waals surface area contributed by atoms with Gasteiger partial charge in [-0.05, 0) is 6.42 Å². The summed E-state index contributed by atoms with van der Waals surface area (Å²) >= 11 is 0. The number of hydrogen-bond acceptors (Lipinski definition) is 4. The smallest absolute Gasteiger partial charge is 0.338 e. The number of carbonyl (C=O) groups is 3. The van der Waals surface area contributed by atoms with Crippen LogP contribution in [0.25, 0.3) is 0 Å². The van der Waals surface area contributed by atoms with E-state index in [2.05, 4.69) is 5.32 Å². The van der Waals surface area contributed by atoms with E-state index in [1.165, 1.54) is 11.9 Å². The zero-order chi connectivity index (χ0) is 14.4. The van der Waals surface area contributed by atoms with E-state index < -0.39 is 11.9 Å². The lowest BCUT2D eigenvalue weighted by Crippen LogP contribution is -2.39. The number of nitrogens with zero attached hydrogens (tertiary/aromatic N) is 1. The van der Waals surface area contributed by atoms with Crippen molar-refractivity contribution in [1.82, 2.24) is 10.2 Å². The van der Waals surface area contributed by atoms with Crippen LogP contribution < -0.4 is 5.32 Å². The van der Waals surface area contributed by atoms with Crippen molar-refractivity contribution in [2.75, 3.05) is 20.1 Å². The molecule has 1 heterocycles. The molecule has 1 rings (SSSR count). The average Bonchev–Trinajstić information content (AvgIpc) is 2.86. The molecule has 2 N–H and O–H groups in total. The highest BCUT2D eigenvalue weighted by molar-refractivity contribution is 5.97. The highest BCUT2D eigenvalue weighted by atomic mass is 16.4. The summed E-state index contributed by atoms with van der Waals surface area (Å²) in [6.45, 7) is 2.16. The molecule has 0 aromatic carbocycles. The molecule has 1 aromatic heterocycles. The van der Waals surface area contributed by atoms with Crippen molar-refractivity contribution in [3.63, 3.8) is 0 Å². The van der Waals surface area contributed by atoms with Gasteiger partial charge in [0.1, 0.15) is 6.26 Å². The third-order valence-electron chi connectivity index (χ3n) is 2.45. The summed E-state index contributed by atoms with van der Waals surface area (Å²) in [4.78, 5) is 35.4. The van der Waals surface area contributed by atoms with Crippen molar-refractivity contribution in [3.05, 3.63) is 23.7 Å². The van der Waals surface area contributed by atoms with E-state index >= 15 is 0 Å². The SMILES string of the molecule is CCCN(CC(=O)NC)C(=O)c1cc(C(=O)O)co1. The molecule has 0 aliphatic rings. The molecule has 104 valence electrons. The van der Waals surface area contributed by atoms with Gasteiger partial charge in [0, 0.05) is 19.7 Å².